The highest BCUT2D eigenvalue weighted by Crippen LogP contribution is 2.28. The lowest BCUT2D eigenvalue weighted by molar-refractivity contribution is -0.156. The summed E-state index contributed by atoms with van der Waals surface area (Å²) >= 11 is 0. The van der Waals surface area contributed by atoms with E-state index in [1.807, 2.05) is 36.4 Å². The molecule has 2 aromatic rings. The third-order valence-electron chi connectivity index (χ3n) is 5.41. The number of amides is 2. The van der Waals surface area contributed by atoms with Crippen LogP contribution in [0.3, 0.4) is 0 Å². The number of carbonyl (C=O) groups is 4. The van der Waals surface area contributed by atoms with Crippen LogP contribution < -0.4 is 0 Å². The van der Waals surface area contributed by atoms with E-state index >= 15 is 0 Å². The smallest absolute Gasteiger partial charge is 0.416 e. The quantitative estimate of drug-likeness (QED) is 0.438. The van der Waals surface area contributed by atoms with Gasteiger partial charge in [0.25, 0.3) is 0 Å². The van der Waals surface area contributed by atoms with Crippen LogP contribution in [0, 0.1) is 5.92 Å². The summed E-state index contributed by atoms with van der Waals surface area (Å²) in [6.07, 6.45) is 1.58. The molecular formula is C26H33NO8. The van der Waals surface area contributed by atoms with E-state index in [9.17, 15) is 24.3 Å². The van der Waals surface area contributed by atoms with Crippen LogP contribution in [0.15, 0.2) is 46.9 Å². The molecule has 0 unspecified atom stereocenters. The van der Waals surface area contributed by atoms with E-state index in [0.717, 1.165) is 35.5 Å². The topological polar surface area (TPSA) is 123 Å². The van der Waals surface area contributed by atoms with Crippen LogP contribution in [-0.2, 0) is 36.7 Å². The van der Waals surface area contributed by atoms with Gasteiger partial charge in [0.05, 0.1) is 12.0 Å². The first kappa shape index (κ1) is 27.8. The molecule has 0 spiro atoms. The van der Waals surface area contributed by atoms with Gasteiger partial charge in [-0.25, -0.2) is 9.69 Å². The van der Waals surface area contributed by atoms with Gasteiger partial charge < -0.3 is 19.0 Å². The van der Waals surface area contributed by atoms with Crippen molar-refractivity contribution < 1.29 is 38.2 Å². The fourth-order valence-electron chi connectivity index (χ4n) is 3.61. The second-order valence-electron chi connectivity index (χ2n) is 8.36. The number of aliphatic hydroxyl groups excluding tert-OH is 1. The van der Waals surface area contributed by atoms with Crippen molar-refractivity contribution in [1.29, 1.82) is 0 Å². The fourth-order valence-corrected chi connectivity index (χ4v) is 3.61. The van der Waals surface area contributed by atoms with Crippen molar-refractivity contribution in [3.05, 3.63) is 59.5 Å². The Morgan fingerprint density at radius 2 is 1.77 bits per heavy atom. The van der Waals surface area contributed by atoms with E-state index in [4.69, 9.17) is 9.15 Å². The Kier molecular flexibility index (Phi) is 10.7. The number of esters is 2. The maximum Gasteiger partial charge on any atom is 0.416 e. The number of furan rings is 1. The largest absolute Gasteiger partial charge is 0.463 e. The Balaban J connectivity index is 0.000000540. The van der Waals surface area contributed by atoms with Gasteiger partial charge in [-0.1, -0.05) is 50.6 Å². The molecule has 0 radical (unpaired) electrons. The van der Waals surface area contributed by atoms with Gasteiger partial charge in [0.15, 0.2) is 0 Å². The zero-order chi connectivity index (χ0) is 26.0. The van der Waals surface area contributed by atoms with Gasteiger partial charge in [0.1, 0.15) is 24.2 Å². The molecule has 190 valence electrons. The molecule has 1 N–H and O–H groups in total. The molecule has 1 fully saturated rings. The van der Waals surface area contributed by atoms with Crippen LogP contribution in [0.4, 0.5) is 4.79 Å². The highest BCUT2D eigenvalue weighted by Gasteiger charge is 2.42. The number of benzene rings is 1. The molecule has 1 aliphatic rings. The zero-order valence-electron chi connectivity index (χ0n) is 20.6. The number of aliphatic hydroxyl groups is 1. The van der Waals surface area contributed by atoms with Crippen LogP contribution in [0.25, 0.3) is 0 Å². The lowest BCUT2D eigenvalue weighted by Gasteiger charge is -2.25. The van der Waals surface area contributed by atoms with Crippen LogP contribution in [0.1, 0.15) is 63.7 Å². The lowest BCUT2D eigenvalue weighted by Crippen LogP contribution is -2.44. The van der Waals surface area contributed by atoms with Crippen molar-refractivity contribution in [2.75, 3.05) is 6.61 Å². The van der Waals surface area contributed by atoms with Crippen LogP contribution in [-0.4, -0.2) is 46.6 Å². The molecule has 1 saturated heterocycles. The molecule has 9 nitrogen and oxygen atoms in total. The Hall–Kier alpha value is -3.46. The number of carbonyl (C=O) groups excluding carboxylic acids is 4. The Morgan fingerprint density at radius 1 is 1.11 bits per heavy atom. The second-order valence-corrected chi connectivity index (χ2v) is 8.36. The maximum atomic E-state index is 13.0. The predicted molar refractivity (Wildman–Crippen MR) is 126 cm³/mol. The number of aryl methyl sites for hydroxylation is 1. The predicted octanol–water partition coefficient (Wildman–Crippen LogP) is 3.98. The maximum absolute atomic E-state index is 13.0. The Labute approximate surface area is 205 Å². The highest BCUT2D eigenvalue weighted by molar-refractivity contribution is 5.95. The number of unbranched alkanes of at least 4 members (excludes halogenated alkanes) is 1. The van der Waals surface area contributed by atoms with Gasteiger partial charge >= 0.3 is 18.0 Å². The number of rotatable bonds is 8. The number of ether oxygens (including phenoxy) is 2. The average Bonchev–Trinajstić information content (AvgIpc) is 3.43. The minimum atomic E-state index is -1.12. The number of hydrogen-bond acceptors (Lipinski definition) is 8. The summed E-state index contributed by atoms with van der Waals surface area (Å²) in [5, 5.41) is 10.6. The first-order valence-corrected chi connectivity index (χ1v) is 11.6. The van der Waals surface area contributed by atoms with Crippen molar-refractivity contribution in [3.63, 3.8) is 0 Å². The summed E-state index contributed by atoms with van der Waals surface area (Å²) in [7, 11) is 0. The lowest BCUT2D eigenvalue weighted by atomic mass is 9.99. The van der Waals surface area contributed by atoms with E-state index < -0.39 is 36.0 Å². The molecule has 1 aromatic heterocycles. The molecular weight excluding hydrogens is 454 g/mol. The third-order valence-corrected chi connectivity index (χ3v) is 5.41. The summed E-state index contributed by atoms with van der Waals surface area (Å²) < 4.78 is 14.8. The van der Waals surface area contributed by atoms with E-state index in [-0.39, 0.29) is 12.6 Å². The van der Waals surface area contributed by atoms with Crippen molar-refractivity contribution in [1.82, 2.24) is 4.90 Å². The summed E-state index contributed by atoms with van der Waals surface area (Å²) in [6, 6.07) is 12.8. The molecule has 9 heteroatoms. The van der Waals surface area contributed by atoms with Gasteiger partial charge in [-0.05, 0) is 30.5 Å². The number of imide groups is 1. The summed E-state index contributed by atoms with van der Waals surface area (Å²) in [4.78, 5) is 45.9. The van der Waals surface area contributed by atoms with Crippen LogP contribution in [0.5, 0.6) is 0 Å². The van der Waals surface area contributed by atoms with E-state index in [0.29, 0.717) is 12.2 Å². The minimum absolute atomic E-state index is 0.157. The Morgan fingerprint density at radius 3 is 2.34 bits per heavy atom. The van der Waals surface area contributed by atoms with Gasteiger partial charge in [0.2, 0.25) is 5.91 Å². The molecule has 0 bridgehead atoms. The average molecular weight is 488 g/mol. The van der Waals surface area contributed by atoms with E-state index in [1.165, 1.54) is 13.8 Å². The van der Waals surface area contributed by atoms with Gasteiger partial charge in [-0.2, -0.15) is 0 Å². The third kappa shape index (κ3) is 8.36. The zero-order valence-corrected chi connectivity index (χ0v) is 20.6. The number of nitrogens with zero attached hydrogens (tertiary/aromatic N) is 1. The van der Waals surface area contributed by atoms with Crippen molar-refractivity contribution in [3.8, 4) is 0 Å². The molecule has 35 heavy (non-hydrogen) atoms. The van der Waals surface area contributed by atoms with E-state index in [1.54, 1.807) is 13.0 Å². The standard InChI is InChI=1S/C22H27NO5.C4H6O3/c1-3-4-10-18-11-12-19(28-18)20(24)15(2)21(25)23-17(14-27-22(23)26)13-16-8-6-5-7-9-16;1-3(5)7-4(2)6/h5-9,11-12,15,17,20,24H,3-4,10,13-14H2,1-2H3;1-2H3/t15-,17-,20-;/m0./s1. The molecule has 3 atom stereocenters. The molecule has 2 amide bonds. The van der Waals surface area contributed by atoms with Gasteiger partial charge in [0, 0.05) is 20.3 Å². The minimum Gasteiger partial charge on any atom is -0.463 e. The van der Waals surface area contributed by atoms with Crippen LogP contribution in [0.2, 0.25) is 0 Å². The fraction of sp³-hybridized carbons (Fsp3) is 0.462. The van der Waals surface area contributed by atoms with E-state index in [2.05, 4.69) is 11.7 Å². The Bertz CT molecular complexity index is 988. The monoisotopic (exact) mass is 487 g/mol. The molecule has 1 aromatic carbocycles. The molecule has 0 aliphatic carbocycles. The van der Waals surface area contributed by atoms with Crippen molar-refractivity contribution in [2.24, 2.45) is 5.92 Å². The molecule has 0 saturated carbocycles. The SMILES string of the molecule is CC(=O)OC(C)=O.CCCCc1ccc([C@@H](O)[C@H](C)C(=O)N2C(=O)OC[C@@H]2Cc2ccccc2)o1. The summed E-state index contributed by atoms with van der Waals surface area (Å²) in [6.45, 7) is 6.22. The van der Waals surface area contributed by atoms with Crippen molar-refractivity contribution in [2.45, 2.75) is 65.5 Å². The number of hydrogen-bond donors (Lipinski definition) is 1. The summed E-state index contributed by atoms with van der Waals surface area (Å²) in [5.74, 6) is -1.27. The first-order valence-electron chi connectivity index (χ1n) is 11.6. The second kappa shape index (κ2) is 13.4. The van der Waals surface area contributed by atoms with Crippen molar-refractivity contribution >= 4 is 23.9 Å². The van der Waals surface area contributed by atoms with Gasteiger partial charge in [-0.3, -0.25) is 14.4 Å². The molecule has 2 heterocycles. The summed E-state index contributed by atoms with van der Waals surface area (Å²) in [5.41, 5.74) is 1.02. The van der Waals surface area contributed by atoms with Crippen LogP contribution >= 0.6 is 0 Å². The molecule has 1 aliphatic heterocycles. The molecule has 3 rings (SSSR count). The number of cyclic esters (lactones) is 1. The highest BCUT2D eigenvalue weighted by atomic mass is 16.6. The first-order chi connectivity index (χ1) is 16.6. The normalized spacial score (nSPS) is 16.5. The van der Waals surface area contributed by atoms with Gasteiger partial charge in [-0.15, -0.1) is 0 Å².